The fourth-order valence-corrected chi connectivity index (χ4v) is 1.90. The van der Waals surface area contributed by atoms with Crippen molar-refractivity contribution < 1.29 is 0 Å². The third kappa shape index (κ3) is 3.12. The Balaban J connectivity index is 1.93. The molecule has 1 N–H and O–H groups in total. The van der Waals surface area contributed by atoms with Crippen molar-refractivity contribution in [1.29, 1.82) is 0 Å². The van der Waals surface area contributed by atoms with E-state index in [9.17, 15) is 0 Å². The molecule has 0 aromatic carbocycles. The van der Waals surface area contributed by atoms with E-state index in [0.29, 0.717) is 11.2 Å². The summed E-state index contributed by atoms with van der Waals surface area (Å²) >= 11 is 5.68. The highest BCUT2D eigenvalue weighted by Gasteiger charge is 2.15. The van der Waals surface area contributed by atoms with Crippen LogP contribution in [-0.2, 0) is 6.54 Å². The summed E-state index contributed by atoms with van der Waals surface area (Å²) in [6.45, 7) is 6.22. The van der Waals surface area contributed by atoms with Gasteiger partial charge in [-0.1, -0.05) is 11.6 Å². The summed E-state index contributed by atoms with van der Waals surface area (Å²) in [7, 11) is 0. The first-order valence-electron chi connectivity index (χ1n) is 5.16. The largest absolute Gasteiger partial charge is 0.312 e. The van der Waals surface area contributed by atoms with E-state index in [1.807, 2.05) is 0 Å². The molecule has 2 heterocycles. The Kier molecular flexibility index (Phi) is 3.51. The zero-order valence-corrected chi connectivity index (χ0v) is 9.54. The first-order chi connectivity index (χ1) is 7.24. The van der Waals surface area contributed by atoms with E-state index in [2.05, 4.69) is 27.1 Å². The Hall–Kier alpha value is -0.710. The molecule has 1 aromatic rings. The summed E-state index contributed by atoms with van der Waals surface area (Å²) in [4.78, 5) is 10.6. The van der Waals surface area contributed by atoms with Crippen molar-refractivity contribution in [2.75, 3.05) is 19.6 Å². The summed E-state index contributed by atoms with van der Waals surface area (Å²) in [6, 6.07) is 0.555. The van der Waals surface area contributed by atoms with Crippen molar-refractivity contribution in [3.63, 3.8) is 0 Å². The predicted molar refractivity (Wildman–Crippen MR) is 59.8 cm³/mol. The normalized spacial score (nSPS) is 22.9. The topological polar surface area (TPSA) is 41.1 Å². The van der Waals surface area contributed by atoms with Crippen molar-refractivity contribution in [3.05, 3.63) is 23.2 Å². The second kappa shape index (κ2) is 4.88. The standard InChI is InChI=1S/C10H15ClN4/c1-8-6-15(3-2-12-8)7-9-4-14-10(11)5-13-9/h4-5,8,12H,2-3,6-7H2,1H3/t8-/m1/s1. The molecule has 0 unspecified atom stereocenters. The van der Waals surface area contributed by atoms with E-state index < -0.39 is 0 Å². The van der Waals surface area contributed by atoms with Crippen LogP contribution < -0.4 is 5.32 Å². The number of nitrogens with zero attached hydrogens (tertiary/aromatic N) is 3. The van der Waals surface area contributed by atoms with Crippen LogP contribution in [0.5, 0.6) is 0 Å². The molecule has 1 fully saturated rings. The molecule has 0 bridgehead atoms. The van der Waals surface area contributed by atoms with Crippen molar-refractivity contribution in [3.8, 4) is 0 Å². The van der Waals surface area contributed by atoms with Crippen molar-refractivity contribution >= 4 is 11.6 Å². The van der Waals surface area contributed by atoms with Crippen LogP contribution >= 0.6 is 11.6 Å². The van der Waals surface area contributed by atoms with Gasteiger partial charge in [0.05, 0.1) is 18.1 Å². The van der Waals surface area contributed by atoms with Crippen LogP contribution in [0.15, 0.2) is 12.4 Å². The van der Waals surface area contributed by atoms with E-state index in [1.165, 1.54) is 0 Å². The Morgan fingerprint density at radius 1 is 1.53 bits per heavy atom. The molecule has 0 aliphatic carbocycles. The molecule has 1 aliphatic heterocycles. The molecule has 1 aliphatic rings. The predicted octanol–water partition coefficient (Wildman–Crippen LogP) is 0.924. The molecule has 0 radical (unpaired) electrons. The van der Waals surface area contributed by atoms with Crippen molar-refractivity contribution in [1.82, 2.24) is 20.2 Å². The lowest BCUT2D eigenvalue weighted by Gasteiger charge is -2.31. The summed E-state index contributed by atoms with van der Waals surface area (Å²) < 4.78 is 0. The number of piperazine rings is 1. The monoisotopic (exact) mass is 226 g/mol. The Morgan fingerprint density at radius 3 is 3.07 bits per heavy atom. The van der Waals surface area contributed by atoms with E-state index in [-0.39, 0.29) is 0 Å². The second-order valence-electron chi connectivity index (χ2n) is 3.92. The molecule has 5 heteroatoms. The minimum absolute atomic E-state index is 0.451. The molecule has 0 saturated carbocycles. The highest BCUT2D eigenvalue weighted by atomic mass is 35.5. The molecule has 1 atom stereocenters. The van der Waals surface area contributed by atoms with E-state index in [0.717, 1.165) is 31.9 Å². The SMILES string of the molecule is C[C@@H]1CN(Cc2cnc(Cl)cn2)CCN1. The first-order valence-corrected chi connectivity index (χ1v) is 5.54. The quantitative estimate of drug-likeness (QED) is 0.815. The van der Waals surface area contributed by atoms with Gasteiger partial charge in [0.1, 0.15) is 5.15 Å². The molecule has 4 nitrogen and oxygen atoms in total. The zero-order chi connectivity index (χ0) is 10.7. The fourth-order valence-electron chi connectivity index (χ4n) is 1.81. The Bertz CT molecular complexity index is 314. The molecular weight excluding hydrogens is 212 g/mol. The lowest BCUT2D eigenvalue weighted by atomic mass is 10.2. The minimum atomic E-state index is 0.451. The molecule has 1 aromatic heterocycles. The maximum atomic E-state index is 5.68. The lowest BCUT2D eigenvalue weighted by Crippen LogP contribution is -2.48. The van der Waals surface area contributed by atoms with E-state index in [1.54, 1.807) is 12.4 Å². The first kappa shape index (κ1) is 10.8. The lowest BCUT2D eigenvalue weighted by molar-refractivity contribution is 0.197. The minimum Gasteiger partial charge on any atom is -0.312 e. The number of hydrogen-bond acceptors (Lipinski definition) is 4. The molecule has 0 spiro atoms. The number of nitrogens with one attached hydrogen (secondary N) is 1. The van der Waals surface area contributed by atoms with Gasteiger partial charge in [0, 0.05) is 32.2 Å². The van der Waals surface area contributed by atoms with Crippen molar-refractivity contribution in [2.45, 2.75) is 19.5 Å². The Morgan fingerprint density at radius 2 is 2.40 bits per heavy atom. The molecule has 15 heavy (non-hydrogen) atoms. The van der Waals surface area contributed by atoms with Crippen LogP contribution in [-0.4, -0.2) is 40.5 Å². The number of rotatable bonds is 2. The molecule has 2 rings (SSSR count). The highest BCUT2D eigenvalue weighted by Crippen LogP contribution is 2.06. The third-order valence-electron chi connectivity index (χ3n) is 2.51. The average Bonchev–Trinajstić information content (AvgIpc) is 2.22. The smallest absolute Gasteiger partial charge is 0.147 e. The number of aromatic nitrogens is 2. The van der Waals surface area contributed by atoms with Crippen LogP contribution in [0, 0.1) is 0 Å². The summed E-state index contributed by atoms with van der Waals surface area (Å²) in [6.07, 6.45) is 3.34. The van der Waals surface area contributed by atoms with Crippen LogP contribution in [0.2, 0.25) is 5.15 Å². The number of hydrogen-bond donors (Lipinski definition) is 1. The van der Waals surface area contributed by atoms with Crippen LogP contribution in [0.1, 0.15) is 12.6 Å². The van der Waals surface area contributed by atoms with E-state index >= 15 is 0 Å². The number of halogens is 1. The maximum absolute atomic E-state index is 5.68. The summed E-state index contributed by atoms with van der Waals surface area (Å²) in [5, 5.41) is 3.86. The van der Waals surface area contributed by atoms with Crippen LogP contribution in [0.25, 0.3) is 0 Å². The van der Waals surface area contributed by atoms with Gasteiger partial charge in [-0.15, -0.1) is 0 Å². The average molecular weight is 227 g/mol. The maximum Gasteiger partial charge on any atom is 0.147 e. The van der Waals surface area contributed by atoms with Gasteiger partial charge < -0.3 is 5.32 Å². The fraction of sp³-hybridized carbons (Fsp3) is 0.600. The van der Waals surface area contributed by atoms with Gasteiger partial charge in [-0.25, -0.2) is 4.98 Å². The van der Waals surface area contributed by atoms with Crippen molar-refractivity contribution in [2.24, 2.45) is 0 Å². The molecule has 1 saturated heterocycles. The second-order valence-corrected chi connectivity index (χ2v) is 4.31. The van der Waals surface area contributed by atoms with Gasteiger partial charge in [0.15, 0.2) is 0 Å². The van der Waals surface area contributed by atoms with Gasteiger partial charge in [-0.2, -0.15) is 0 Å². The molecule has 82 valence electrons. The van der Waals surface area contributed by atoms with Gasteiger partial charge >= 0.3 is 0 Å². The van der Waals surface area contributed by atoms with Gasteiger partial charge in [0.2, 0.25) is 0 Å². The van der Waals surface area contributed by atoms with Gasteiger partial charge in [-0.05, 0) is 6.92 Å². The zero-order valence-electron chi connectivity index (χ0n) is 8.78. The van der Waals surface area contributed by atoms with E-state index in [4.69, 9.17) is 11.6 Å². The molecule has 0 amide bonds. The van der Waals surface area contributed by atoms with Gasteiger partial charge in [0.25, 0.3) is 0 Å². The third-order valence-corrected chi connectivity index (χ3v) is 2.71. The van der Waals surface area contributed by atoms with Gasteiger partial charge in [-0.3, -0.25) is 9.88 Å². The van der Waals surface area contributed by atoms with Crippen LogP contribution in [0.4, 0.5) is 0 Å². The summed E-state index contributed by atoms with van der Waals surface area (Å²) in [5.41, 5.74) is 0.980. The molecular formula is C10H15ClN4. The van der Waals surface area contributed by atoms with Crippen LogP contribution in [0.3, 0.4) is 0 Å². The Labute approximate surface area is 94.7 Å². The highest BCUT2D eigenvalue weighted by molar-refractivity contribution is 6.29. The summed E-state index contributed by atoms with van der Waals surface area (Å²) in [5.74, 6) is 0.